The first-order valence-electron chi connectivity index (χ1n) is 2.75. The van der Waals surface area contributed by atoms with Crippen LogP contribution in [0.4, 0.5) is 0 Å². The average Bonchev–Trinajstić information content (AvgIpc) is 1.88. The maximum absolute atomic E-state index is 10.1. The van der Waals surface area contributed by atoms with Gasteiger partial charge in [0.2, 0.25) is 0 Å². The van der Waals surface area contributed by atoms with E-state index in [2.05, 4.69) is 4.52 Å². The molecule has 0 aliphatic heterocycles. The predicted octanol–water partition coefficient (Wildman–Crippen LogP) is 1.44. The Labute approximate surface area is 75.3 Å². The topological polar surface area (TPSA) is 46.5 Å². The molecule has 0 saturated carbocycles. The summed E-state index contributed by atoms with van der Waals surface area (Å²) in [5.41, 5.74) is 0. The Morgan fingerprint density at radius 1 is 1.27 bits per heavy atom. The molecular formula is C6H7NiO3P. The van der Waals surface area contributed by atoms with Gasteiger partial charge in [0.25, 0.3) is 0 Å². The summed E-state index contributed by atoms with van der Waals surface area (Å²) in [7, 11) is -2.84. The summed E-state index contributed by atoms with van der Waals surface area (Å²) in [6.07, 6.45) is 0. The fraction of sp³-hybridized carbons (Fsp3) is 0. The maximum Gasteiger partial charge on any atom is 0.365 e. The van der Waals surface area contributed by atoms with Crippen molar-refractivity contribution in [2.75, 3.05) is 0 Å². The third-order valence-corrected chi connectivity index (χ3v) is 1.36. The Morgan fingerprint density at radius 3 is 2.27 bits per heavy atom. The third-order valence-electron chi connectivity index (χ3n) is 0.948. The van der Waals surface area contributed by atoms with E-state index in [0.717, 1.165) is 0 Å². The summed E-state index contributed by atoms with van der Waals surface area (Å²) in [5, 5.41) is 0. The quantitative estimate of drug-likeness (QED) is 0.601. The van der Waals surface area contributed by atoms with Crippen LogP contribution in [0, 0.1) is 0 Å². The smallest absolute Gasteiger partial charge is 0.365 e. The van der Waals surface area contributed by atoms with Gasteiger partial charge in [-0.25, -0.2) is 4.57 Å². The molecule has 0 spiro atoms. The first kappa shape index (κ1) is 10.7. The molecule has 1 aromatic rings. The summed E-state index contributed by atoms with van der Waals surface area (Å²) in [6, 6.07) is 8.53. The van der Waals surface area contributed by atoms with Crippen LogP contribution in [0.25, 0.3) is 0 Å². The van der Waals surface area contributed by atoms with Crippen LogP contribution in [-0.4, -0.2) is 4.89 Å². The Morgan fingerprint density at radius 2 is 1.82 bits per heavy atom. The molecule has 3 nitrogen and oxygen atoms in total. The van der Waals surface area contributed by atoms with Crippen LogP contribution < -0.4 is 4.52 Å². The average molecular weight is 217 g/mol. The van der Waals surface area contributed by atoms with E-state index < -0.39 is 8.25 Å². The van der Waals surface area contributed by atoms with Gasteiger partial charge in [-0.15, -0.1) is 0 Å². The summed E-state index contributed by atoms with van der Waals surface area (Å²) >= 11 is 0. The van der Waals surface area contributed by atoms with Gasteiger partial charge in [0, 0.05) is 16.5 Å². The Bertz CT molecular complexity index is 227. The van der Waals surface area contributed by atoms with Crippen molar-refractivity contribution in [3.63, 3.8) is 0 Å². The van der Waals surface area contributed by atoms with Crippen LogP contribution in [0.15, 0.2) is 30.3 Å². The monoisotopic (exact) mass is 216 g/mol. The van der Waals surface area contributed by atoms with E-state index in [-0.39, 0.29) is 16.5 Å². The molecule has 1 unspecified atom stereocenters. The normalized spacial score (nSPS) is 11.4. The summed E-state index contributed by atoms with van der Waals surface area (Å²) in [4.78, 5) is 8.33. The van der Waals surface area contributed by atoms with E-state index in [4.69, 9.17) is 4.89 Å². The number of hydrogen-bond acceptors (Lipinski definition) is 2. The van der Waals surface area contributed by atoms with Crippen molar-refractivity contribution >= 4 is 8.25 Å². The first-order valence-corrected chi connectivity index (χ1v) is 4.01. The second-order valence-corrected chi connectivity index (χ2v) is 2.42. The van der Waals surface area contributed by atoms with E-state index in [1.807, 2.05) is 0 Å². The van der Waals surface area contributed by atoms with Crippen molar-refractivity contribution in [1.29, 1.82) is 0 Å². The molecule has 1 N–H and O–H groups in total. The minimum absolute atomic E-state index is 0. The van der Waals surface area contributed by atoms with Gasteiger partial charge in [0.05, 0.1) is 0 Å². The molecule has 0 heterocycles. The predicted molar refractivity (Wildman–Crippen MR) is 38.3 cm³/mol. The minimum Gasteiger partial charge on any atom is -0.426 e. The number of rotatable bonds is 2. The van der Waals surface area contributed by atoms with Gasteiger partial charge >= 0.3 is 8.25 Å². The van der Waals surface area contributed by atoms with E-state index in [9.17, 15) is 4.57 Å². The van der Waals surface area contributed by atoms with E-state index in [1.54, 1.807) is 30.3 Å². The zero-order chi connectivity index (χ0) is 7.40. The van der Waals surface area contributed by atoms with Crippen LogP contribution in [0.2, 0.25) is 0 Å². The van der Waals surface area contributed by atoms with Gasteiger partial charge in [-0.2, -0.15) is 0 Å². The van der Waals surface area contributed by atoms with Crippen molar-refractivity contribution in [2.45, 2.75) is 0 Å². The molecule has 11 heavy (non-hydrogen) atoms. The Hall–Kier alpha value is -0.296. The van der Waals surface area contributed by atoms with Crippen molar-refractivity contribution in [3.05, 3.63) is 30.3 Å². The van der Waals surface area contributed by atoms with Crippen LogP contribution in [0.5, 0.6) is 5.75 Å². The molecule has 1 aromatic carbocycles. The van der Waals surface area contributed by atoms with Gasteiger partial charge in [-0.3, -0.25) is 0 Å². The van der Waals surface area contributed by atoms with Crippen LogP contribution in [0.1, 0.15) is 0 Å². The Balaban J connectivity index is 0.000001000. The summed E-state index contributed by atoms with van der Waals surface area (Å²) in [5.74, 6) is 0.425. The van der Waals surface area contributed by atoms with E-state index in [0.29, 0.717) is 5.75 Å². The zero-order valence-electron chi connectivity index (χ0n) is 5.47. The molecule has 0 aliphatic carbocycles. The van der Waals surface area contributed by atoms with Crippen LogP contribution >= 0.6 is 8.25 Å². The second kappa shape index (κ2) is 5.37. The van der Waals surface area contributed by atoms with Crippen LogP contribution in [0.3, 0.4) is 0 Å². The van der Waals surface area contributed by atoms with E-state index in [1.165, 1.54) is 0 Å². The third kappa shape index (κ3) is 4.20. The molecule has 5 heteroatoms. The number of hydrogen-bond donors (Lipinski definition) is 1. The van der Waals surface area contributed by atoms with Gasteiger partial charge in [0.1, 0.15) is 5.75 Å². The molecule has 0 radical (unpaired) electrons. The summed E-state index contributed by atoms with van der Waals surface area (Å²) in [6.45, 7) is 0. The molecule has 0 saturated heterocycles. The molecule has 0 aliphatic rings. The largest absolute Gasteiger partial charge is 0.426 e. The Kier molecular flexibility index (Phi) is 5.22. The zero-order valence-corrected chi connectivity index (χ0v) is 7.45. The molecule has 64 valence electrons. The van der Waals surface area contributed by atoms with E-state index >= 15 is 0 Å². The second-order valence-electron chi connectivity index (χ2n) is 1.68. The summed E-state index contributed by atoms with van der Waals surface area (Å²) < 4.78 is 14.6. The minimum atomic E-state index is -2.84. The van der Waals surface area contributed by atoms with Crippen molar-refractivity contribution in [1.82, 2.24) is 0 Å². The van der Waals surface area contributed by atoms with Gasteiger partial charge in [0.15, 0.2) is 0 Å². The fourth-order valence-corrected chi connectivity index (χ4v) is 0.927. The van der Waals surface area contributed by atoms with Crippen LogP contribution in [-0.2, 0) is 21.1 Å². The number of benzene rings is 1. The molecule has 0 amide bonds. The number of para-hydroxylation sites is 1. The molecular weight excluding hydrogens is 210 g/mol. The SMILES string of the molecule is O=[PH](O)Oc1ccccc1.[Ni]. The van der Waals surface area contributed by atoms with Gasteiger partial charge in [-0.05, 0) is 12.1 Å². The first-order chi connectivity index (χ1) is 4.79. The molecule has 0 fully saturated rings. The molecule has 1 atom stereocenters. The van der Waals surface area contributed by atoms with Crippen molar-refractivity contribution in [2.24, 2.45) is 0 Å². The van der Waals surface area contributed by atoms with Crippen molar-refractivity contribution in [3.8, 4) is 5.75 Å². The molecule has 0 aromatic heterocycles. The standard InChI is InChI=1S/C6H7O3P.Ni/c7-10(8)9-6-4-2-1-3-5-6;/h1-5,10H,(H,7,8);. The van der Waals surface area contributed by atoms with Crippen molar-refractivity contribution < 1.29 is 30.5 Å². The molecule has 0 bridgehead atoms. The van der Waals surface area contributed by atoms with Gasteiger partial charge < -0.3 is 9.42 Å². The molecule has 1 rings (SSSR count). The van der Waals surface area contributed by atoms with Gasteiger partial charge in [-0.1, -0.05) is 18.2 Å². The fourth-order valence-electron chi connectivity index (χ4n) is 0.589. The maximum atomic E-state index is 10.1.